The van der Waals surface area contributed by atoms with Gasteiger partial charge in [0.05, 0.1) is 25.7 Å². The van der Waals surface area contributed by atoms with Gasteiger partial charge in [-0.3, -0.25) is 4.79 Å². The van der Waals surface area contributed by atoms with E-state index < -0.39 is 0 Å². The van der Waals surface area contributed by atoms with Crippen LogP contribution in [0.4, 0.5) is 0 Å². The smallest absolute Gasteiger partial charge is 0.307 e. The maximum absolute atomic E-state index is 11.0. The predicted octanol–water partition coefficient (Wildman–Crippen LogP) is 0.882. The number of hydrogen-bond acceptors (Lipinski definition) is 4. The Labute approximate surface area is 96.1 Å². The molecule has 2 fully saturated rings. The van der Waals surface area contributed by atoms with Gasteiger partial charge in [-0.1, -0.05) is 0 Å². The lowest BCUT2D eigenvalue weighted by Gasteiger charge is -2.46. The highest BCUT2D eigenvalue weighted by molar-refractivity contribution is 5.85. The van der Waals surface area contributed by atoms with Crippen molar-refractivity contribution in [2.75, 3.05) is 20.3 Å². The minimum Gasteiger partial charge on any atom is -0.469 e. The summed E-state index contributed by atoms with van der Waals surface area (Å²) in [5.41, 5.74) is 0.104. The SMILES string of the molecule is COC(=O)CC1COC2(CCC2)CN1.Cl. The van der Waals surface area contributed by atoms with Crippen molar-refractivity contribution < 1.29 is 14.3 Å². The summed E-state index contributed by atoms with van der Waals surface area (Å²) in [7, 11) is 1.42. The monoisotopic (exact) mass is 235 g/mol. The molecule has 1 N–H and O–H groups in total. The Balaban J connectivity index is 0.00000112. The molecule has 0 aromatic carbocycles. The van der Waals surface area contributed by atoms with E-state index in [9.17, 15) is 4.79 Å². The summed E-state index contributed by atoms with van der Waals surface area (Å²) in [6.07, 6.45) is 3.99. The average molecular weight is 236 g/mol. The van der Waals surface area contributed by atoms with Gasteiger partial charge in [0, 0.05) is 12.6 Å². The Morgan fingerprint density at radius 3 is 2.73 bits per heavy atom. The molecule has 1 aliphatic heterocycles. The van der Waals surface area contributed by atoms with Crippen LogP contribution in [0.5, 0.6) is 0 Å². The number of halogens is 1. The van der Waals surface area contributed by atoms with E-state index >= 15 is 0 Å². The molecule has 2 aliphatic rings. The maximum atomic E-state index is 11.0. The topological polar surface area (TPSA) is 47.6 Å². The number of ether oxygens (including phenoxy) is 2. The minimum atomic E-state index is -0.171. The van der Waals surface area contributed by atoms with Crippen molar-refractivity contribution in [3.8, 4) is 0 Å². The number of rotatable bonds is 2. The van der Waals surface area contributed by atoms with Crippen molar-refractivity contribution in [2.45, 2.75) is 37.3 Å². The first kappa shape index (κ1) is 12.7. The molecule has 1 atom stereocenters. The number of nitrogens with one attached hydrogen (secondary N) is 1. The molecule has 0 amide bonds. The van der Waals surface area contributed by atoms with Crippen LogP contribution < -0.4 is 5.32 Å². The van der Waals surface area contributed by atoms with E-state index in [2.05, 4.69) is 10.1 Å². The molecule has 15 heavy (non-hydrogen) atoms. The predicted molar refractivity (Wildman–Crippen MR) is 58.2 cm³/mol. The fourth-order valence-corrected chi connectivity index (χ4v) is 2.03. The summed E-state index contributed by atoms with van der Waals surface area (Å²) >= 11 is 0. The lowest BCUT2D eigenvalue weighted by molar-refractivity contribution is -0.149. The molecule has 4 nitrogen and oxygen atoms in total. The van der Waals surface area contributed by atoms with E-state index in [4.69, 9.17) is 4.74 Å². The van der Waals surface area contributed by atoms with Crippen molar-refractivity contribution in [3.63, 3.8) is 0 Å². The van der Waals surface area contributed by atoms with Gasteiger partial charge < -0.3 is 14.8 Å². The second-order valence-corrected chi connectivity index (χ2v) is 4.21. The lowest BCUT2D eigenvalue weighted by atomic mass is 9.79. The van der Waals surface area contributed by atoms with Gasteiger partial charge >= 0.3 is 5.97 Å². The van der Waals surface area contributed by atoms with E-state index in [0.29, 0.717) is 13.0 Å². The molecule has 5 heteroatoms. The third-order valence-corrected chi connectivity index (χ3v) is 3.21. The summed E-state index contributed by atoms with van der Waals surface area (Å²) in [6, 6.07) is 0.133. The first-order valence-electron chi connectivity index (χ1n) is 5.18. The molecule has 0 aromatic heterocycles. The Hall–Kier alpha value is -0.320. The van der Waals surface area contributed by atoms with Crippen molar-refractivity contribution in [3.05, 3.63) is 0 Å². The zero-order valence-electron chi connectivity index (χ0n) is 8.95. The summed E-state index contributed by atoms with van der Waals surface area (Å²) in [5, 5.41) is 3.35. The van der Waals surface area contributed by atoms with Crippen LogP contribution in [-0.2, 0) is 14.3 Å². The number of hydrogen-bond donors (Lipinski definition) is 1. The molecule has 0 aromatic rings. The quantitative estimate of drug-likeness (QED) is 0.722. The molecule has 1 unspecified atom stereocenters. The van der Waals surface area contributed by atoms with Gasteiger partial charge in [-0.05, 0) is 19.3 Å². The number of carbonyl (C=O) groups excluding carboxylic acids is 1. The van der Waals surface area contributed by atoms with Gasteiger partial charge in [0.2, 0.25) is 0 Å². The fourth-order valence-electron chi connectivity index (χ4n) is 2.03. The van der Waals surface area contributed by atoms with E-state index in [0.717, 1.165) is 19.4 Å². The van der Waals surface area contributed by atoms with Gasteiger partial charge in [0.25, 0.3) is 0 Å². The van der Waals surface area contributed by atoms with Crippen LogP contribution in [0.2, 0.25) is 0 Å². The van der Waals surface area contributed by atoms with Gasteiger partial charge in [0.15, 0.2) is 0 Å². The van der Waals surface area contributed by atoms with Gasteiger partial charge in [0.1, 0.15) is 0 Å². The second-order valence-electron chi connectivity index (χ2n) is 4.21. The molecule has 2 rings (SSSR count). The Morgan fingerprint density at radius 1 is 1.60 bits per heavy atom. The summed E-state index contributed by atoms with van der Waals surface area (Å²) < 4.78 is 10.4. The van der Waals surface area contributed by atoms with E-state index in [1.165, 1.54) is 13.5 Å². The van der Waals surface area contributed by atoms with Crippen LogP contribution in [-0.4, -0.2) is 37.9 Å². The summed E-state index contributed by atoms with van der Waals surface area (Å²) in [4.78, 5) is 11.0. The van der Waals surface area contributed by atoms with Gasteiger partial charge in [-0.2, -0.15) is 0 Å². The maximum Gasteiger partial charge on any atom is 0.307 e. The average Bonchev–Trinajstić information content (AvgIpc) is 2.16. The molecule has 88 valence electrons. The van der Waals surface area contributed by atoms with E-state index in [1.807, 2.05) is 0 Å². The molecule has 1 saturated heterocycles. The molecule has 1 heterocycles. The van der Waals surface area contributed by atoms with E-state index in [1.54, 1.807) is 0 Å². The van der Waals surface area contributed by atoms with Crippen molar-refractivity contribution >= 4 is 18.4 Å². The summed E-state index contributed by atoms with van der Waals surface area (Å²) in [6.45, 7) is 1.52. The first-order chi connectivity index (χ1) is 6.74. The lowest BCUT2D eigenvalue weighted by Crippen LogP contribution is -2.58. The number of carbonyl (C=O) groups is 1. The molecular formula is C10H18ClNO3. The minimum absolute atomic E-state index is 0. The Bertz CT molecular complexity index is 221. The second kappa shape index (κ2) is 5.14. The molecular weight excluding hydrogens is 218 g/mol. The zero-order chi connectivity index (χ0) is 10.0. The largest absolute Gasteiger partial charge is 0.469 e. The number of methoxy groups -OCH3 is 1. The summed E-state index contributed by atoms with van der Waals surface area (Å²) in [5.74, 6) is -0.171. The number of morpholine rings is 1. The highest BCUT2D eigenvalue weighted by Gasteiger charge is 2.41. The zero-order valence-corrected chi connectivity index (χ0v) is 9.77. The van der Waals surface area contributed by atoms with Gasteiger partial charge in [-0.15, -0.1) is 12.4 Å². The van der Waals surface area contributed by atoms with Crippen molar-refractivity contribution in [1.29, 1.82) is 0 Å². The van der Waals surface area contributed by atoms with Crippen LogP contribution in [0.1, 0.15) is 25.7 Å². The molecule has 1 spiro atoms. The third-order valence-electron chi connectivity index (χ3n) is 3.21. The standard InChI is InChI=1S/C10H17NO3.ClH/c1-13-9(12)5-8-6-14-10(7-11-8)3-2-4-10;/h8,11H,2-7H2,1H3;1H. The normalized spacial score (nSPS) is 27.7. The molecule has 1 aliphatic carbocycles. The van der Waals surface area contributed by atoms with Crippen LogP contribution >= 0.6 is 12.4 Å². The molecule has 0 bridgehead atoms. The fraction of sp³-hybridized carbons (Fsp3) is 0.900. The molecule has 1 saturated carbocycles. The first-order valence-corrected chi connectivity index (χ1v) is 5.18. The molecule has 0 radical (unpaired) electrons. The van der Waals surface area contributed by atoms with Crippen LogP contribution in [0, 0.1) is 0 Å². The third kappa shape index (κ3) is 2.83. The van der Waals surface area contributed by atoms with E-state index in [-0.39, 0.29) is 30.0 Å². The van der Waals surface area contributed by atoms with Crippen LogP contribution in [0.25, 0.3) is 0 Å². The van der Waals surface area contributed by atoms with Crippen LogP contribution in [0.3, 0.4) is 0 Å². The van der Waals surface area contributed by atoms with Crippen molar-refractivity contribution in [1.82, 2.24) is 5.32 Å². The van der Waals surface area contributed by atoms with Gasteiger partial charge in [-0.25, -0.2) is 0 Å². The highest BCUT2D eigenvalue weighted by Crippen LogP contribution is 2.36. The van der Waals surface area contributed by atoms with Crippen LogP contribution in [0.15, 0.2) is 0 Å². The Morgan fingerprint density at radius 2 is 2.33 bits per heavy atom. The Kier molecular flexibility index (Phi) is 4.37. The highest BCUT2D eigenvalue weighted by atomic mass is 35.5. The van der Waals surface area contributed by atoms with Crippen molar-refractivity contribution in [2.24, 2.45) is 0 Å². The number of esters is 1.